The van der Waals surface area contributed by atoms with E-state index in [1.54, 1.807) is 0 Å². The molecular weight excluding hydrogens is 164 g/mol. The van der Waals surface area contributed by atoms with E-state index < -0.39 is 0 Å². The van der Waals surface area contributed by atoms with E-state index in [-0.39, 0.29) is 12.1 Å². The van der Waals surface area contributed by atoms with E-state index in [1.807, 2.05) is 6.92 Å². The van der Waals surface area contributed by atoms with E-state index >= 15 is 0 Å². The molecule has 0 saturated carbocycles. The van der Waals surface area contributed by atoms with Crippen LogP contribution in [-0.2, 0) is 9.53 Å². The number of unbranched alkanes of at least 4 members (excludes halogenated alkanes) is 2. The second-order valence-electron chi connectivity index (χ2n) is 2.93. The van der Waals surface area contributed by atoms with Crippen molar-refractivity contribution in [3.8, 4) is 11.8 Å². The molecule has 0 aliphatic heterocycles. The molecule has 0 bridgehead atoms. The van der Waals surface area contributed by atoms with Crippen molar-refractivity contribution in [1.82, 2.24) is 0 Å². The summed E-state index contributed by atoms with van der Waals surface area (Å²) in [4.78, 5) is 10.6. The third-order valence-corrected chi connectivity index (χ3v) is 1.60. The van der Waals surface area contributed by atoms with Crippen LogP contribution in [-0.4, -0.2) is 12.1 Å². The van der Waals surface area contributed by atoms with E-state index in [0.717, 1.165) is 25.7 Å². The summed E-state index contributed by atoms with van der Waals surface area (Å²) in [5, 5.41) is 0. The summed E-state index contributed by atoms with van der Waals surface area (Å²) >= 11 is 0. The summed E-state index contributed by atoms with van der Waals surface area (Å²) in [6.07, 6.45) is 3.71. The topological polar surface area (TPSA) is 26.3 Å². The number of carbonyl (C=O) groups excluding carboxylic acids is 1. The Morgan fingerprint density at radius 3 is 2.62 bits per heavy atom. The van der Waals surface area contributed by atoms with E-state index in [9.17, 15) is 4.79 Å². The first kappa shape index (κ1) is 12.0. The molecule has 1 atom stereocenters. The number of rotatable bonds is 4. The number of hydrogen-bond donors (Lipinski definition) is 0. The molecule has 0 radical (unpaired) electrons. The van der Waals surface area contributed by atoms with Gasteiger partial charge in [0.15, 0.2) is 6.10 Å². The standard InChI is InChI=1S/C11H18O2/c1-4-6-7-8-9-11(5-2)13-10(3)12/h11H,4-7H2,1-3H3/t11-/m1/s1. The van der Waals surface area contributed by atoms with Crippen LogP contribution in [0.2, 0.25) is 0 Å². The van der Waals surface area contributed by atoms with Crippen LogP contribution < -0.4 is 0 Å². The van der Waals surface area contributed by atoms with Gasteiger partial charge in [-0.25, -0.2) is 0 Å². The van der Waals surface area contributed by atoms with Gasteiger partial charge < -0.3 is 4.74 Å². The molecule has 0 amide bonds. The molecule has 13 heavy (non-hydrogen) atoms. The fraction of sp³-hybridized carbons (Fsp3) is 0.727. The first-order chi connectivity index (χ1) is 6.20. The highest BCUT2D eigenvalue weighted by atomic mass is 16.5. The average Bonchev–Trinajstić information content (AvgIpc) is 2.09. The van der Waals surface area contributed by atoms with Crippen LogP contribution >= 0.6 is 0 Å². The molecule has 0 aromatic heterocycles. The van der Waals surface area contributed by atoms with Gasteiger partial charge in [0.2, 0.25) is 0 Å². The van der Waals surface area contributed by atoms with Crippen LogP contribution in [0.15, 0.2) is 0 Å². The van der Waals surface area contributed by atoms with Gasteiger partial charge in [0.1, 0.15) is 0 Å². The predicted molar refractivity (Wildman–Crippen MR) is 53.1 cm³/mol. The summed E-state index contributed by atoms with van der Waals surface area (Å²) in [5.74, 6) is 5.70. The van der Waals surface area contributed by atoms with E-state index in [0.29, 0.717) is 0 Å². The van der Waals surface area contributed by atoms with Crippen LogP contribution in [0.3, 0.4) is 0 Å². The lowest BCUT2D eigenvalue weighted by atomic mass is 10.2. The molecule has 74 valence electrons. The number of hydrogen-bond acceptors (Lipinski definition) is 2. The van der Waals surface area contributed by atoms with Crippen molar-refractivity contribution in [3.63, 3.8) is 0 Å². The molecule has 0 aliphatic carbocycles. The molecule has 0 aliphatic rings. The molecule has 0 unspecified atom stereocenters. The Hall–Kier alpha value is -0.970. The van der Waals surface area contributed by atoms with E-state index in [4.69, 9.17) is 4.74 Å². The summed E-state index contributed by atoms with van der Waals surface area (Å²) in [7, 11) is 0. The van der Waals surface area contributed by atoms with Gasteiger partial charge in [-0.2, -0.15) is 0 Å². The van der Waals surface area contributed by atoms with Crippen LogP contribution in [0, 0.1) is 11.8 Å². The van der Waals surface area contributed by atoms with Crippen molar-refractivity contribution in [2.24, 2.45) is 0 Å². The Morgan fingerprint density at radius 2 is 2.15 bits per heavy atom. The minimum absolute atomic E-state index is 0.214. The molecular formula is C11H18O2. The monoisotopic (exact) mass is 182 g/mol. The fourth-order valence-electron chi connectivity index (χ4n) is 0.866. The highest BCUT2D eigenvalue weighted by Gasteiger charge is 2.03. The van der Waals surface area contributed by atoms with Crippen molar-refractivity contribution < 1.29 is 9.53 Å². The molecule has 0 aromatic carbocycles. The van der Waals surface area contributed by atoms with Crippen molar-refractivity contribution >= 4 is 5.97 Å². The van der Waals surface area contributed by atoms with Crippen molar-refractivity contribution in [2.45, 2.75) is 52.6 Å². The first-order valence-corrected chi connectivity index (χ1v) is 4.86. The highest BCUT2D eigenvalue weighted by Crippen LogP contribution is 1.97. The molecule has 2 heteroatoms. The first-order valence-electron chi connectivity index (χ1n) is 4.86. The SMILES string of the molecule is CCCCC#C[C@@H](CC)OC(C)=O. The van der Waals surface area contributed by atoms with Gasteiger partial charge in [-0.05, 0) is 12.8 Å². The normalized spacial score (nSPS) is 11.3. The third-order valence-electron chi connectivity index (χ3n) is 1.60. The Bertz CT molecular complexity index is 198. The minimum Gasteiger partial charge on any atom is -0.449 e. The number of carbonyl (C=O) groups is 1. The summed E-state index contributed by atoms with van der Waals surface area (Å²) in [6.45, 7) is 5.50. The van der Waals surface area contributed by atoms with Gasteiger partial charge in [-0.1, -0.05) is 32.1 Å². The molecule has 0 N–H and O–H groups in total. The Labute approximate surface area is 80.7 Å². The average molecular weight is 182 g/mol. The largest absolute Gasteiger partial charge is 0.449 e. The third kappa shape index (κ3) is 7.39. The quantitative estimate of drug-likeness (QED) is 0.379. The molecule has 0 heterocycles. The van der Waals surface area contributed by atoms with Crippen molar-refractivity contribution in [2.75, 3.05) is 0 Å². The Morgan fingerprint density at radius 1 is 1.46 bits per heavy atom. The van der Waals surface area contributed by atoms with Crippen LogP contribution in [0.4, 0.5) is 0 Å². The second-order valence-corrected chi connectivity index (χ2v) is 2.93. The van der Waals surface area contributed by atoms with Crippen LogP contribution in [0.1, 0.15) is 46.5 Å². The van der Waals surface area contributed by atoms with Crippen molar-refractivity contribution in [1.29, 1.82) is 0 Å². The number of ether oxygens (including phenoxy) is 1. The maximum atomic E-state index is 10.6. The summed E-state index contributed by atoms with van der Waals surface area (Å²) in [5.41, 5.74) is 0. The zero-order valence-corrected chi connectivity index (χ0v) is 8.72. The van der Waals surface area contributed by atoms with Crippen LogP contribution in [0.25, 0.3) is 0 Å². The van der Waals surface area contributed by atoms with E-state index in [1.165, 1.54) is 6.92 Å². The summed E-state index contributed by atoms with van der Waals surface area (Å²) in [6, 6.07) is 0. The Balaban J connectivity index is 3.79. The maximum Gasteiger partial charge on any atom is 0.303 e. The lowest BCUT2D eigenvalue weighted by Crippen LogP contribution is -2.12. The molecule has 2 nitrogen and oxygen atoms in total. The molecule has 0 fully saturated rings. The minimum atomic E-state index is -0.253. The summed E-state index contributed by atoms with van der Waals surface area (Å²) < 4.78 is 4.97. The highest BCUT2D eigenvalue weighted by molar-refractivity contribution is 5.66. The maximum absolute atomic E-state index is 10.6. The molecule has 0 rings (SSSR count). The van der Waals surface area contributed by atoms with Gasteiger partial charge in [0, 0.05) is 13.3 Å². The van der Waals surface area contributed by atoms with E-state index in [2.05, 4.69) is 18.8 Å². The Kier molecular flexibility index (Phi) is 7.10. The van der Waals surface area contributed by atoms with Gasteiger partial charge in [0.25, 0.3) is 0 Å². The zero-order chi connectivity index (χ0) is 10.1. The molecule has 0 spiro atoms. The lowest BCUT2D eigenvalue weighted by Gasteiger charge is -2.06. The zero-order valence-electron chi connectivity index (χ0n) is 8.72. The van der Waals surface area contributed by atoms with Gasteiger partial charge >= 0.3 is 5.97 Å². The second kappa shape index (κ2) is 7.67. The fourth-order valence-corrected chi connectivity index (χ4v) is 0.866. The molecule has 0 saturated heterocycles. The van der Waals surface area contributed by atoms with Gasteiger partial charge in [0.05, 0.1) is 0 Å². The lowest BCUT2D eigenvalue weighted by molar-refractivity contribution is -0.143. The van der Waals surface area contributed by atoms with Crippen LogP contribution in [0.5, 0.6) is 0 Å². The van der Waals surface area contributed by atoms with Gasteiger partial charge in [-0.3, -0.25) is 4.79 Å². The van der Waals surface area contributed by atoms with Gasteiger partial charge in [-0.15, -0.1) is 0 Å². The number of esters is 1. The smallest absolute Gasteiger partial charge is 0.303 e. The predicted octanol–water partition coefficient (Wildman–Crippen LogP) is 2.52. The van der Waals surface area contributed by atoms with Crippen molar-refractivity contribution in [3.05, 3.63) is 0 Å². The molecule has 0 aromatic rings.